The van der Waals surface area contributed by atoms with Crippen molar-refractivity contribution in [2.75, 3.05) is 7.11 Å². The van der Waals surface area contributed by atoms with Crippen molar-refractivity contribution in [3.05, 3.63) is 60.7 Å². The van der Waals surface area contributed by atoms with Gasteiger partial charge in [0.2, 0.25) is 0 Å². The number of phenols is 3. The number of methoxy groups -OCH3 is 1. The van der Waals surface area contributed by atoms with Crippen LogP contribution in [0.4, 0.5) is 0 Å². The van der Waals surface area contributed by atoms with Crippen molar-refractivity contribution in [3.8, 4) is 34.1 Å². The van der Waals surface area contributed by atoms with Crippen LogP contribution < -0.4 is 4.74 Å². The van der Waals surface area contributed by atoms with E-state index in [9.17, 15) is 15.3 Å². The van der Waals surface area contributed by atoms with E-state index in [-0.39, 0.29) is 17.2 Å². The van der Waals surface area contributed by atoms with E-state index in [2.05, 4.69) is 13.2 Å². The van der Waals surface area contributed by atoms with E-state index in [4.69, 9.17) is 4.74 Å². The first-order valence-electron chi connectivity index (χ1n) is 7.18. The Balaban J connectivity index is 2.71. The Morgan fingerprint density at radius 2 is 1.39 bits per heavy atom. The fourth-order valence-electron chi connectivity index (χ4n) is 2.48. The molecule has 2 aromatic rings. The smallest absolute Gasteiger partial charge is 0.165 e. The van der Waals surface area contributed by atoms with Crippen LogP contribution in [0.25, 0.3) is 11.1 Å². The lowest BCUT2D eigenvalue weighted by Gasteiger charge is -2.14. The van der Waals surface area contributed by atoms with Gasteiger partial charge in [0.25, 0.3) is 0 Å². The van der Waals surface area contributed by atoms with Crippen molar-refractivity contribution in [1.82, 2.24) is 0 Å². The van der Waals surface area contributed by atoms with E-state index in [0.29, 0.717) is 29.7 Å². The van der Waals surface area contributed by atoms with Crippen LogP contribution in [0.2, 0.25) is 0 Å². The fraction of sp³-hybridized carbons (Fsp3) is 0.158. The average molecular weight is 312 g/mol. The minimum atomic E-state index is -0.286. The third-order valence-electron chi connectivity index (χ3n) is 3.55. The van der Waals surface area contributed by atoms with Gasteiger partial charge in [-0.15, -0.1) is 13.2 Å². The van der Waals surface area contributed by atoms with Crippen LogP contribution in [0, 0.1) is 0 Å². The van der Waals surface area contributed by atoms with Gasteiger partial charge in [-0.3, -0.25) is 0 Å². The lowest BCUT2D eigenvalue weighted by molar-refractivity contribution is 0.373. The number of benzene rings is 2. The van der Waals surface area contributed by atoms with Crippen LogP contribution in [-0.2, 0) is 12.8 Å². The zero-order valence-electron chi connectivity index (χ0n) is 13.0. The molecule has 0 saturated carbocycles. The van der Waals surface area contributed by atoms with Crippen LogP contribution >= 0.6 is 0 Å². The Kier molecular flexibility index (Phi) is 4.96. The summed E-state index contributed by atoms with van der Waals surface area (Å²) in [6, 6.07) is 6.64. The van der Waals surface area contributed by atoms with E-state index < -0.39 is 0 Å². The van der Waals surface area contributed by atoms with Crippen molar-refractivity contribution in [2.45, 2.75) is 12.8 Å². The number of phenolic OH excluding ortho intramolecular Hbond substituents is 3. The summed E-state index contributed by atoms with van der Waals surface area (Å²) in [7, 11) is 1.46. The second kappa shape index (κ2) is 6.92. The van der Waals surface area contributed by atoms with Gasteiger partial charge in [0.15, 0.2) is 23.0 Å². The van der Waals surface area contributed by atoms with Crippen molar-refractivity contribution in [2.24, 2.45) is 0 Å². The normalized spacial score (nSPS) is 10.3. The van der Waals surface area contributed by atoms with E-state index >= 15 is 0 Å². The van der Waals surface area contributed by atoms with Gasteiger partial charge in [0, 0.05) is 11.1 Å². The molecule has 0 fully saturated rings. The van der Waals surface area contributed by atoms with Gasteiger partial charge in [0.05, 0.1) is 7.11 Å². The third kappa shape index (κ3) is 3.31. The molecular formula is C19H20O4. The number of aromatic hydroxyl groups is 3. The minimum Gasteiger partial charge on any atom is -0.504 e. The second-order valence-corrected chi connectivity index (χ2v) is 5.19. The first-order valence-corrected chi connectivity index (χ1v) is 7.18. The molecule has 0 atom stereocenters. The summed E-state index contributed by atoms with van der Waals surface area (Å²) in [5.74, 6) is -0.323. The Hall–Kier alpha value is -2.88. The second-order valence-electron chi connectivity index (χ2n) is 5.19. The van der Waals surface area contributed by atoms with Crippen LogP contribution in [-0.4, -0.2) is 22.4 Å². The zero-order chi connectivity index (χ0) is 17.0. The Morgan fingerprint density at radius 1 is 0.870 bits per heavy atom. The van der Waals surface area contributed by atoms with Gasteiger partial charge in [-0.05, 0) is 48.2 Å². The van der Waals surface area contributed by atoms with Crippen LogP contribution in [0.1, 0.15) is 11.1 Å². The molecule has 0 heterocycles. The fourth-order valence-corrected chi connectivity index (χ4v) is 2.48. The molecule has 0 aliphatic rings. The Morgan fingerprint density at radius 3 is 1.91 bits per heavy atom. The first kappa shape index (κ1) is 16.5. The highest BCUT2D eigenvalue weighted by Gasteiger charge is 2.18. The van der Waals surface area contributed by atoms with Crippen LogP contribution in [0.3, 0.4) is 0 Å². The van der Waals surface area contributed by atoms with Crippen molar-refractivity contribution >= 4 is 0 Å². The predicted octanol–water partition coefficient (Wildman–Crippen LogP) is 3.94. The van der Waals surface area contributed by atoms with Gasteiger partial charge >= 0.3 is 0 Å². The molecule has 4 nitrogen and oxygen atoms in total. The van der Waals surface area contributed by atoms with Gasteiger partial charge in [-0.25, -0.2) is 0 Å². The highest BCUT2D eigenvalue weighted by molar-refractivity contribution is 5.81. The van der Waals surface area contributed by atoms with Gasteiger partial charge in [-0.2, -0.15) is 0 Å². The van der Waals surface area contributed by atoms with Crippen molar-refractivity contribution in [1.29, 1.82) is 0 Å². The number of ether oxygens (including phenoxy) is 1. The predicted molar refractivity (Wildman–Crippen MR) is 91.2 cm³/mol. The van der Waals surface area contributed by atoms with Gasteiger partial charge < -0.3 is 20.1 Å². The van der Waals surface area contributed by atoms with Gasteiger partial charge in [-0.1, -0.05) is 12.2 Å². The molecule has 0 amide bonds. The monoisotopic (exact) mass is 312 g/mol. The summed E-state index contributed by atoms with van der Waals surface area (Å²) in [6.45, 7) is 7.37. The maximum Gasteiger partial charge on any atom is 0.165 e. The molecule has 0 unspecified atom stereocenters. The summed E-state index contributed by atoms with van der Waals surface area (Å²) >= 11 is 0. The molecule has 0 saturated heterocycles. The number of rotatable bonds is 6. The molecule has 0 radical (unpaired) electrons. The molecule has 2 aromatic carbocycles. The Bertz CT molecular complexity index is 748. The molecule has 3 N–H and O–H groups in total. The van der Waals surface area contributed by atoms with Crippen LogP contribution in [0.15, 0.2) is 49.6 Å². The summed E-state index contributed by atoms with van der Waals surface area (Å²) in [6.07, 6.45) is 4.55. The first-order chi connectivity index (χ1) is 11.0. The molecule has 0 spiro atoms. The SMILES string of the molecule is C=CCc1cc(O)c(O)c(-c2cc(CC=C)cc(OC)c2O)c1. The van der Waals surface area contributed by atoms with E-state index in [1.54, 1.807) is 30.4 Å². The highest BCUT2D eigenvalue weighted by atomic mass is 16.5. The Labute approximate surface area is 135 Å². The highest BCUT2D eigenvalue weighted by Crippen LogP contribution is 2.45. The maximum absolute atomic E-state index is 10.4. The number of hydrogen-bond donors (Lipinski definition) is 3. The van der Waals surface area contributed by atoms with E-state index in [1.807, 2.05) is 0 Å². The zero-order valence-corrected chi connectivity index (χ0v) is 13.0. The average Bonchev–Trinajstić information content (AvgIpc) is 2.53. The maximum atomic E-state index is 10.4. The molecule has 23 heavy (non-hydrogen) atoms. The van der Waals surface area contributed by atoms with Crippen molar-refractivity contribution in [3.63, 3.8) is 0 Å². The standard InChI is InChI=1S/C19H20O4/c1-4-6-12-8-14(18(21)16(20)10-12)15-9-13(7-5-2)11-17(23-3)19(15)22/h4-5,8-11,20-22H,1-2,6-7H2,3H3. The number of hydrogen-bond acceptors (Lipinski definition) is 4. The molecule has 0 aliphatic heterocycles. The minimum absolute atomic E-state index is 0.0919. The van der Waals surface area contributed by atoms with E-state index in [1.165, 1.54) is 13.2 Å². The lowest BCUT2D eigenvalue weighted by atomic mass is 9.96. The van der Waals surface area contributed by atoms with Crippen LogP contribution in [0.5, 0.6) is 23.0 Å². The topological polar surface area (TPSA) is 69.9 Å². The largest absolute Gasteiger partial charge is 0.504 e. The summed E-state index contributed by atoms with van der Waals surface area (Å²) in [4.78, 5) is 0. The molecule has 0 aromatic heterocycles. The number of allylic oxidation sites excluding steroid dienone is 2. The molecular weight excluding hydrogens is 292 g/mol. The molecule has 2 rings (SSSR count). The van der Waals surface area contributed by atoms with E-state index in [0.717, 1.165) is 11.1 Å². The summed E-state index contributed by atoms with van der Waals surface area (Å²) in [5.41, 5.74) is 2.37. The van der Waals surface area contributed by atoms with Crippen molar-refractivity contribution < 1.29 is 20.1 Å². The summed E-state index contributed by atoms with van der Waals surface area (Å²) < 4.78 is 5.20. The molecule has 0 aliphatic carbocycles. The molecule has 120 valence electrons. The summed E-state index contributed by atoms with van der Waals surface area (Å²) in [5, 5.41) is 30.6. The van der Waals surface area contributed by atoms with Gasteiger partial charge in [0.1, 0.15) is 0 Å². The quantitative estimate of drug-likeness (QED) is 0.558. The molecule has 4 heteroatoms. The lowest BCUT2D eigenvalue weighted by Crippen LogP contribution is -1.92. The molecule has 0 bridgehead atoms. The third-order valence-corrected chi connectivity index (χ3v) is 3.55.